The second-order valence-corrected chi connectivity index (χ2v) is 9.16. The molecule has 2 atom stereocenters. The molecule has 1 unspecified atom stereocenters. The Balaban J connectivity index is 2.01. The van der Waals surface area contributed by atoms with E-state index in [2.05, 4.69) is 0 Å². The predicted molar refractivity (Wildman–Crippen MR) is 115 cm³/mol. The van der Waals surface area contributed by atoms with Gasteiger partial charge in [0.05, 0.1) is 10.9 Å². The molecule has 0 saturated heterocycles. The van der Waals surface area contributed by atoms with E-state index < -0.39 is 6.10 Å². The zero-order valence-corrected chi connectivity index (χ0v) is 17.9. The third-order valence-electron chi connectivity index (χ3n) is 4.49. The topological polar surface area (TPSA) is 43.8 Å². The molecule has 2 aromatic rings. The van der Waals surface area contributed by atoms with Crippen LogP contribution < -0.4 is 4.90 Å². The Morgan fingerprint density at radius 3 is 2.56 bits per heavy atom. The van der Waals surface area contributed by atoms with Gasteiger partial charge in [-0.3, -0.25) is 4.79 Å². The van der Waals surface area contributed by atoms with Gasteiger partial charge in [-0.25, -0.2) is 0 Å². The molecule has 1 aliphatic heterocycles. The molecular formula is C20H23ClN2O2S2. The van der Waals surface area contributed by atoms with Crippen LogP contribution in [0.15, 0.2) is 52.3 Å². The molecule has 7 heteroatoms. The number of amides is 1. The first-order valence-electron chi connectivity index (χ1n) is 8.65. The van der Waals surface area contributed by atoms with Crippen molar-refractivity contribution in [1.29, 1.82) is 0 Å². The number of hydrogen-bond donors (Lipinski definition) is 1. The van der Waals surface area contributed by atoms with Crippen LogP contribution in [-0.2, 0) is 4.79 Å². The summed E-state index contributed by atoms with van der Waals surface area (Å²) in [7, 11) is 3.93. The highest BCUT2D eigenvalue weighted by molar-refractivity contribution is 7.99. The highest BCUT2D eigenvalue weighted by Gasteiger charge is 2.37. The number of carbonyl (C=O) groups is 1. The maximum absolute atomic E-state index is 13.1. The second-order valence-electron chi connectivity index (χ2n) is 6.66. The van der Waals surface area contributed by atoms with E-state index in [1.54, 1.807) is 22.7 Å². The quantitative estimate of drug-likeness (QED) is 0.733. The molecule has 1 aliphatic rings. The SMILES string of the molecule is CSc1ccc([C@@H]2Sc3cc(Cl)ccc3N(CCN(C)C)C(=O)C2O)cc1. The molecule has 27 heavy (non-hydrogen) atoms. The lowest BCUT2D eigenvalue weighted by molar-refractivity contribution is -0.126. The van der Waals surface area contributed by atoms with Crippen molar-refractivity contribution in [2.45, 2.75) is 21.1 Å². The van der Waals surface area contributed by atoms with Crippen molar-refractivity contribution in [3.8, 4) is 0 Å². The van der Waals surface area contributed by atoms with Crippen LogP contribution in [0, 0.1) is 0 Å². The van der Waals surface area contributed by atoms with Crippen LogP contribution in [-0.4, -0.2) is 55.5 Å². The van der Waals surface area contributed by atoms with Gasteiger partial charge in [-0.2, -0.15) is 0 Å². The van der Waals surface area contributed by atoms with Crippen LogP contribution in [0.3, 0.4) is 0 Å². The fourth-order valence-electron chi connectivity index (χ4n) is 2.99. The van der Waals surface area contributed by atoms with Crippen LogP contribution >= 0.6 is 35.1 Å². The molecule has 1 N–H and O–H groups in total. The van der Waals surface area contributed by atoms with Crippen LogP contribution in [0.1, 0.15) is 10.8 Å². The Hall–Kier alpha value is -1.18. The van der Waals surface area contributed by atoms with Gasteiger partial charge in [0.15, 0.2) is 0 Å². The first kappa shape index (κ1) is 20.6. The van der Waals surface area contributed by atoms with Gasteiger partial charge in [-0.05, 0) is 56.2 Å². The van der Waals surface area contributed by atoms with Gasteiger partial charge in [0.2, 0.25) is 0 Å². The fourth-order valence-corrected chi connectivity index (χ4v) is 4.94. The number of aliphatic hydroxyl groups excluding tert-OH is 1. The number of aliphatic hydroxyl groups is 1. The number of likely N-dealkylation sites (N-methyl/N-ethyl adjacent to an activating group) is 1. The molecule has 0 aromatic heterocycles. The lowest BCUT2D eigenvalue weighted by Gasteiger charge is -2.26. The van der Waals surface area contributed by atoms with Crippen LogP contribution in [0.5, 0.6) is 0 Å². The summed E-state index contributed by atoms with van der Waals surface area (Å²) in [5, 5.41) is 11.2. The van der Waals surface area contributed by atoms with E-state index in [0.29, 0.717) is 18.1 Å². The number of nitrogens with zero attached hydrogens (tertiary/aromatic N) is 2. The highest BCUT2D eigenvalue weighted by atomic mass is 35.5. The van der Waals surface area contributed by atoms with Crippen molar-refractivity contribution in [1.82, 2.24) is 4.90 Å². The first-order chi connectivity index (χ1) is 12.9. The third kappa shape index (κ3) is 4.63. The summed E-state index contributed by atoms with van der Waals surface area (Å²) in [5.41, 5.74) is 1.73. The first-order valence-corrected chi connectivity index (χ1v) is 11.1. The lowest BCUT2D eigenvalue weighted by atomic mass is 10.1. The minimum absolute atomic E-state index is 0.274. The van der Waals surface area contributed by atoms with Crippen molar-refractivity contribution in [2.75, 3.05) is 38.3 Å². The lowest BCUT2D eigenvalue weighted by Crippen LogP contribution is -2.43. The van der Waals surface area contributed by atoms with Gasteiger partial charge in [0, 0.05) is 27.9 Å². The Labute approximate surface area is 173 Å². The van der Waals surface area contributed by atoms with Gasteiger partial charge in [0.1, 0.15) is 6.10 Å². The van der Waals surface area contributed by atoms with Crippen LogP contribution in [0.4, 0.5) is 5.69 Å². The molecule has 0 spiro atoms. The molecule has 3 rings (SSSR count). The number of anilines is 1. The molecule has 0 fully saturated rings. The summed E-state index contributed by atoms with van der Waals surface area (Å²) in [6.45, 7) is 1.22. The van der Waals surface area contributed by atoms with E-state index in [1.165, 1.54) is 11.8 Å². The van der Waals surface area contributed by atoms with E-state index in [-0.39, 0.29) is 11.2 Å². The van der Waals surface area contributed by atoms with E-state index in [4.69, 9.17) is 11.6 Å². The minimum atomic E-state index is -1.12. The van der Waals surface area contributed by atoms with E-state index in [1.807, 2.05) is 61.6 Å². The summed E-state index contributed by atoms with van der Waals surface area (Å²) in [6.07, 6.45) is 0.901. The summed E-state index contributed by atoms with van der Waals surface area (Å²) in [4.78, 5) is 18.9. The van der Waals surface area contributed by atoms with Crippen LogP contribution in [0.2, 0.25) is 5.02 Å². The van der Waals surface area contributed by atoms with Crippen molar-refractivity contribution in [2.24, 2.45) is 0 Å². The maximum Gasteiger partial charge on any atom is 0.257 e. The number of halogens is 1. The zero-order valence-electron chi connectivity index (χ0n) is 15.6. The third-order valence-corrected chi connectivity index (χ3v) is 6.83. The monoisotopic (exact) mass is 422 g/mol. The Kier molecular flexibility index (Phi) is 6.76. The average molecular weight is 423 g/mol. The normalized spacial score (nSPS) is 19.9. The predicted octanol–water partition coefficient (Wildman–Crippen LogP) is 4.16. The largest absolute Gasteiger partial charge is 0.382 e. The van der Waals surface area contributed by atoms with Gasteiger partial charge >= 0.3 is 0 Å². The van der Waals surface area contributed by atoms with Crippen molar-refractivity contribution in [3.05, 3.63) is 53.1 Å². The maximum atomic E-state index is 13.1. The molecule has 2 aromatic carbocycles. The molecule has 1 amide bonds. The van der Waals surface area contributed by atoms with E-state index in [0.717, 1.165) is 21.0 Å². The molecule has 0 radical (unpaired) electrons. The van der Waals surface area contributed by atoms with E-state index >= 15 is 0 Å². The summed E-state index contributed by atoms with van der Waals surface area (Å²) in [5.74, 6) is -0.274. The summed E-state index contributed by atoms with van der Waals surface area (Å²) >= 11 is 9.38. The molecule has 0 saturated carbocycles. The minimum Gasteiger partial charge on any atom is -0.382 e. The summed E-state index contributed by atoms with van der Waals surface area (Å²) in [6, 6.07) is 13.5. The molecule has 1 heterocycles. The molecule has 144 valence electrons. The van der Waals surface area contributed by atoms with Gasteiger partial charge in [0.25, 0.3) is 5.91 Å². The Morgan fingerprint density at radius 1 is 1.22 bits per heavy atom. The average Bonchev–Trinajstić information content (AvgIpc) is 2.75. The van der Waals surface area contributed by atoms with Gasteiger partial charge in [-0.15, -0.1) is 23.5 Å². The molecule has 4 nitrogen and oxygen atoms in total. The van der Waals surface area contributed by atoms with Crippen molar-refractivity contribution < 1.29 is 9.90 Å². The standard InChI is InChI=1S/C20H23ClN2O2S2/c1-22(2)10-11-23-16-9-6-14(21)12-17(16)27-19(18(24)20(23)25)13-4-7-15(26-3)8-5-13/h4-9,12,18-19,24H,10-11H2,1-3H3/t18?,19-/m0/s1. The van der Waals surface area contributed by atoms with Crippen molar-refractivity contribution in [3.63, 3.8) is 0 Å². The van der Waals surface area contributed by atoms with Gasteiger partial charge < -0.3 is 14.9 Å². The van der Waals surface area contributed by atoms with Crippen LogP contribution in [0.25, 0.3) is 0 Å². The number of carbonyl (C=O) groups excluding carboxylic acids is 1. The second kappa shape index (κ2) is 8.88. The summed E-state index contributed by atoms with van der Waals surface area (Å²) < 4.78 is 0. The molecular weight excluding hydrogens is 400 g/mol. The van der Waals surface area contributed by atoms with Gasteiger partial charge in [-0.1, -0.05) is 23.7 Å². The van der Waals surface area contributed by atoms with E-state index in [9.17, 15) is 9.90 Å². The number of hydrogen-bond acceptors (Lipinski definition) is 5. The number of rotatable bonds is 5. The number of fused-ring (bicyclic) bond motifs is 1. The molecule has 0 aliphatic carbocycles. The zero-order chi connectivity index (χ0) is 19.6. The fraction of sp³-hybridized carbons (Fsp3) is 0.350. The number of thioether (sulfide) groups is 2. The Bertz CT molecular complexity index is 814. The smallest absolute Gasteiger partial charge is 0.257 e. The Morgan fingerprint density at radius 2 is 1.93 bits per heavy atom. The molecule has 0 bridgehead atoms. The highest BCUT2D eigenvalue weighted by Crippen LogP contribution is 2.46. The number of benzene rings is 2. The van der Waals surface area contributed by atoms with Crippen molar-refractivity contribution >= 4 is 46.7 Å².